The molecule has 1 saturated heterocycles. The monoisotopic (exact) mass is 406 g/mol. The highest BCUT2D eigenvalue weighted by Gasteiger charge is 2.39. The van der Waals surface area contributed by atoms with Crippen molar-refractivity contribution in [2.24, 2.45) is 16.3 Å². The van der Waals surface area contributed by atoms with Gasteiger partial charge in [0.2, 0.25) is 0 Å². The number of guanidine groups is 1. The van der Waals surface area contributed by atoms with Gasteiger partial charge in [-0.1, -0.05) is 13.8 Å². The molecule has 5 heteroatoms. The molecule has 0 aromatic rings. The second-order valence-corrected chi connectivity index (χ2v) is 7.42. The van der Waals surface area contributed by atoms with Crippen molar-refractivity contribution in [1.82, 2.24) is 15.5 Å². The van der Waals surface area contributed by atoms with Gasteiger partial charge in [-0.25, -0.2) is 0 Å². The molecule has 0 aromatic heterocycles. The molecule has 0 spiro atoms. The van der Waals surface area contributed by atoms with Crippen molar-refractivity contribution in [3.8, 4) is 0 Å². The van der Waals surface area contributed by atoms with Crippen LogP contribution in [0.25, 0.3) is 0 Å². The third-order valence-electron chi connectivity index (χ3n) is 5.09. The Hall–Kier alpha value is -0.0400. The van der Waals surface area contributed by atoms with E-state index in [9.17, 15) is 0 Å². The zero-order valence-corrected chi connectivity index (χ0v) is 16.0. The zero-order chi connectivity index (χ0) is 14.2. The van der Waals surface area contributed by atoms with Gasteiger partial charge in [0.05, 0.1) is 0 Å². The van der Waals surface area contributed by atoms with Crippen LogP contribution in [0.5, 0.6) is 0 Å². The van der Waals surface area contributed by atoms with Crippen LogP contribution in [0.4, 0.5) is 0 Å². The van der Waals surface area contributed by atoms with Crippen LogP contribution >= 0.6 is 24.0 Å². The molecule has 0 bridgehead atoms. The Labute approximate surface area is 146 Å². The van der Waals surface area contributed by atoms with E-state index in [0.717, 1.165) is 31.0 Å². The van der Waals surface area contributed by atoms with E-state index in [2.05, 4.69) is 36.3 Å². The lowest BCUT2D eigenvalue weighted by atomic mass is 10.1. The summed E-state index contributed by atoms with van der Waals surface area (Å²) in [5, 5.41) is 7.09. The minimum atomic E-state index is 0. The van der Waals surface area contributed by atoms with Crippen molar-refractivity contribution in [2.75, 3.05) is 26.2 Å². The lowest BCUT2D eigenvalue weighted by Crippen LogP contribution is -2.46. The van der Waals surface area contributed by atoms with E-state index < -0.39 is 0 Å². The normalized spacial score (nSPS) is 31.7. The number of nitrogens with zero attached hydrogens (tertiary/aromatic N) is 2. The fourth-order valence-corrected chi connectivity index (χ4v) is 3.07. The molecule has 0 amide bonds. The van der Waals surface area contributed by atoms with Gasteiger partial charge in [0.15, 0.2) is 5.96 Å². The molecule has 0 radical (unpaired) electrons. The topological polar surface area (TPSA) is 39.7 Å². The van der Waals surface area contributed by atoms with Crippen LogP contribution in [0, 0.1) is 11.3 Å². The Kier molecular flexibility index (Phi) is 5.79. The molecule has 3 fully saturated rings. The molecule has 2 unspecified atom stereocenters. The largest absolute Gasteiger partial charge is 0.357 e. The van der Waals surface area contributed by atoms with Crippen molar-refractivity contribution < 1.29 is 0 Å². The molecule has 2 aliphatic carbocycles. The maximum atomic E-state index is 4.81. The van der Waals surface area contributed by atoms with Gasteiger partial charge in [0, 0.05) is 38.3 Å². The quantitative estimate of drug-likeness (QED) is 0.419. The number of hydrogen-bond acceptors (Lipinski definition) is 2. The third-order valence-corrected chi connectivity index (χ3v) is 5.09. The average Bonchev–Trinajstić information content (AvgIpc) is 3.32. The molecule has 2 atom stereocenters. The fraction of sp³-hybridized carbons (Fsp3) is 0.938. The van der Waals surface area contributed by atoms with E-state index in [1.54, 1.807) is 0 Å². The average molecular weight is 406 g/mol. The molecule has 2 saturated carbocycles. The van der Waals surface area contributed by atoms with Gasteiger partial charge in [-0.15, -0.1) is 24.0 Å². The zero-order valence-electron chi connectivity index (χ0n) is 13.7. The van der Waals surface area contributed by atoms with E-state index in [4.69, 9.17) is 4.99 Å². The maximum Gasteiger partial charge on any atom is 0.191 e. The van der Waals surface area contributed by atoms with Crippen molar-refractivity contribution >= 4 is 29.9 Å². The van der Waals surface area contributed by atoms with Crippen molar-refractivity contribution in [3.05, 3.63) is 0 Å². The summed E-state index contributed by atoms with van der Waals surface area (Å²) in [5.74, 6) is 1.74. The first-order chi connectivity index (χ1) is 9.59. The predicted molar refractivity (Wildman–Crippen MR) is 99.4 cm³/mol. The molecule has 2 N–H and O–H groups in total. The van der Waals surface area contributed by atoms with Gasteiger partial charge in [-0.2, -0.15) is 0 Å². The summed E-state index contributed by atoms with van der Waals surface area (Å²) in [6, 6.07) is 1.44. The van der Waals surface area contributed by atoms with Gasteiger partial charge in [-0.3, -0.25) is 9.89 Å². The summed E-state index contributed by atoms with van der Waals surface area (Å²) in [7, 11) is 0. The highest BCUT2D eigenvalue weighted by Crippen LogP contribution is 2.45. The van der Waals surface area contributed by atoms with Gasteiger partial charge >= 0.3 is 0 Å². The minimum Gasteiger partial charge on any atom is -0.357 e. The smallest absolute Gasteiger partial charge is 0.191 e. The first-order valence-corrected chi connectivity index (χ1v) is 8.38. The number of nitrogens with one attached hydrogen (secondary N) is 2. The van der Waals surface area contributed by atoms with Crippen LogP contribution in [0.15, 0.2) is 4.99 Å². The third kappa shape index (κ3) is 4.71. The molecule has 1 aliphatic heterocycles. The number of likely N-dealkylation sites (tertiary alicyclic amines) is 1. The van der Waals surface area contributed by atoms with Crippen LogP contribution in [0.3, 0.4) is 0 Å². The molecule has 3 rings (SSSR count). The Morgan fingerprint density at radius 2 is 2.00 bits per heavy atom. The first-order valence-electron chi connectivity index (χ1n) is 8.38. The van der Waals surface area contributed by atoms with Crippen molar-refractivity contribution in [2.45, 2.75) is 58.5 Å². The van der Waals surface area contributed by atoms with E-state index >= 15 is 0 Å². The van der Waals surface area contributed by atoms with Crippen LogP contribution in [-0.2, 0) is 0 Å². The van der Waals surface area contributed by atoms with Crippen LogP contribution in [0.1, 0.15) is 46.5 Å². The first kappa shape index (κ1) is 17.3. The lowest BCUT2D eigenvalue weighted by Gasteiger charge is -2.21. The maximum absolute atomic E-state index is 4.81. The van der Waals surface area contributed by atoms with E-state index in [-0.39, 0.29) is 24.0 Å². The second kappa shape index (κ2) is 7.02. The molecular weight excluding hydrogens is 375 g/mol. The minimum absolute atomic E-state index is 0. The summed E-state index contributed by atoms with van der Waals surface area (Å²) >= 11 is 0. The summed E-state index contributed by atoms with van der Waals surface area (Å²) in [6.45, 7) is 11.2. The van der Waals surface area contributed by atoms with Crippen LogP contribution in [-0.4, -0.2) is 49.1 Å². The SMILES string of the molecule is CCNC(=NCC1(C)CC1)NC1CN(C2CC2)CC1C.I. The summed E-state index contributed by atoms with van der Waals surface area (Å²) in [5.41, 5.74) is 0.490. The Balaban J connectivity index is 0.00000161. The molecule has 0 aromatic carbocycles. The molecule has 3 aliphatic rings. The second-order valence-electron chi connectivity index (χ2n) is 7.42. The molecule has 21 heavy (non-hydrogen) atoms. The van der Waals surface area contributed by atoms with Gasteiger partial charge in [-0.05, 0) is 43.9 Å². The molecule has 122 valence electrons. The van der Waals surface area contributed by atoms with Gasteiger partial charge in [0.25, 0.3) is 0 Å². The number of aliphatic imine (C=N–C) groups is 1. The predicted octanol–water partition coefficient (Wildman–Crippen LogP) is 2.44. The Bertz CT molecular complexity index is 376. The van der Waals surface area contributed by atoms with Crippen LogP contribution < -0.4 is 10.6 Å². The van der Waals surface area contributed by atoms with Crippen LogP contribution in [0.2, 0.25) is 0 Å². The number of rotatable bonds is 5. The highest BCUT2D eigenvalue weighted by atomic mass is 127. The van der Waals surface area contributed by atoms with E-state index in [0.29, 0.717) is 11.5 Å². The Morgan fingerprint density at radius 1 is 1.29 bits per heavy atom. The number of halogens is 1. The molecule has 1 heterocycles. The summed E-state index contributed by atoms with van der Waals surface area (Å²) in [4.78, 5) is 7.47. The highest BCUT2D eigenvalue weighted by molar-refractivity contribution is 14.0. The van der Waals surface area contributed by atoms with Gasteiger partial charge < -0.3 is 10.6 Å². The lowest BCUT2D eigenvalue weighted by molar-refractivity contribution is 0.315. The van der Waals surface area contributed by atoms with Crippen molar-refractivity contribution in [1.29, 1.82) is 0 Å². The summed E-state index contributed by atoms with van der Waals surface area (Å²) in [6.07, 6.45) is 5.49. The summed E-state index contributed by atoms with van der Waals surface area (Å²) < 4.78 is 0. The fourth-order valence-electron chi connectivity index (χ4n) is 3.07. The standard InChI is InChI=1S/C16H30N4.HI/c1-4-17-15(18-11-16(3)7-8-16)19-14-10-20(9-12(14)2)13-5-6-13;/h12-14H,4-11H2,1-3H3,(H2,17,18,19);1H. The van der Waals surface area contributed by atoms with Crippen molar-refractivity contribution in [3.63, 3.8) is 0 Å². The van der Waals surface area contributed by atoms with Gasteiger partial charge in [0.1, 0.15) is 0 Å². The number of hydrogen-bond donors (Lipinski definition) is 2. The van der Waals surface area contributed by atoms with E-state index in [1.165, 1.54) is 38.8 Å². The van der Waals surface area contributed by atoms with E-state index in [1.807, 2.05) is 0 Å². The molecule has 4 nitrogen and oxygen atoms in total. The Morgan fingerprint density at radius 3 is 2.57 bits per heavy atom. The molecular formula is C16H31IN4.